The quantitative estimate of drug-likeness (QED) is 0.902. The van der Waals surface area contributed by atoms with Crippen LogP contribution >= 0.6 is 0 Å². The highest BCUT2D eigenvalue weighted by Crippen LogP contribution is 2.30. The van der Waals surface area contributed by atoms with Gasteiger partial charge >= 0.3 is 12.1 Å². The number of nitrogens with zero attached hydrogens (tertiary/aromatic N) is 1. The number of piperidine rings is 1. The monoisotopic (exact) mass is 328 g/mol. The molecule has 3 rings (SSSR count). The SMILES string of the molecule is O=C(O)c1[nH]ccc1C1CCN(C(=O)OCc2ccccc2)CC1. The van der Waals surface area contributed by atoms with Crippen molar-refractivity contribution in [3.8, 4) is 0 Å². The number of nitrogens with one attached hydrogen (secondary N) is 1. The third-order valence-corrected chi connectivity index (χ3v) is 4.39. The fourth-order valence-electron chi connectivity index (χ4n) is 3.09. The number of carbonyl (C=O) groups excluding carboxylic acids is 1. The number of H-pyrrole nitrogens is 1. The van der Waals surface area contributed by atoms with Gasteiger partial charge in [0.15, 0.2) is 0 Å². The lowest BCUT2D eigenvalue weighted by Crippen LogP contribution is -2.38. The highest BCUT2D eigenvalue weighted by molar-refractivity contribution is 5.87. The Kier molecular flexibility index (Phi) is 4.84. The van der Waals surface area contributed by atoms with Crippen LogP contribution in [0, 0.1) is 0 Å². The van der Waals surface area contributed by atoms with Crippen molar-refractivity contribution in [2.24, 2.45) is 0 Å². The van der Waals surface area contributed by atoms with E-state index in [1.807, 2.05) is 36.4 Å². The maximum atomic E-state index is 12.1. The number of carboxylic acid groups (broad SMARTS) is 1. The molecule has 1 aromatic carbocycles. The van der Waals surface area contributed by atoms with E-state index in [2.05, 4.69) is 4.98 Å². The Hall–Kier alpha value is -2.76. The summed E-state index contributed by atoms with van der Waals surface area (Å²) in [5, 5.41) is 9.19. The van der Waals surface area contributed by atoms with Crippen LogP contribution in [0.25, 0.3) is 0 Å². The first-order chi connectivity index (χ1) is 11.6. The normalized spacial score (nSPS) is 15.2. The molecular weight excluding hydrogens is 308 g/mol. The minimum Gasteiger partial charge on any atom is -0.477 e. The highest BCUT2D eigenvalue weighted by atomic mass is 16.6. The molecule has 0 aliphatic carbocycles. The zero-order valence-corrected chi connectivity index (χ0v) is 13.3. The molecule has 6 nitrogen and oxygen atoms in total. The van der Waals surface area contributed by atoms with Gasteiger partial charge in [-0.25, -0.2) is 9.59 Å². The van der Waals surface area contributed by atoms with Gasteiger partial charge in [0.2, 0.25) is 0 Å². The summed E-state index contributed by atoms with van der Waals surface area (Å²) >= 11 is 0. The van der Waals surface area contributed by atoms with Crippen LogP contribution in [0.4, 0.5) is 4.79 Å². The lowest BCUT2D eigenvalue weighted by molar-refractivity contribution is 0.0685. The summed E-state index contributed by atoms with van der Waals surface area (Å²) in [6, 6.07) is 11.4. The Morgan fingerprint density at radius 2 is 1.88 bits per heavy atom. The van der Waals surface area contributed by atoms with Gasteiger partial charge in [0, 0.05) is 19.3 Å². The van der Waals surface area contributed by atoms with Crippen LogP contribution in [0.1, 0.15) is 40.4 Å². The van der Waals surface area contributed by atoms with Crippen molar-refractivity contribution in [1.82, 2.24) is 9.88 Å². The van der Waals surface area contributed by atoms with Crippen LogP contribution in [0.2, 0.25) is 0 Å². The molecule has 2 aromatic rings. The molecule has 126 valence electrons. The lowest BCUT2D eigenvalue weighted by atomic mass is 9.89. The molecule has 24 heavy (non-hydrogen) atoms. The summed E-state index contributed by atoms with van der Waals surface area (Å²) in [6.07, 6.45) is 2.81. The first-order valence-corrected chi connectivity index (χ1v) is 8.01. The summed E-state index contributed by atoms with van der Waals surface area (Å²) in [6.45, 7) is 1.41. The number of hydrogen-bond acceptors (Lipinski definition) is 3. The number of carboxylic acids is 1. The van der Waals surface area contributed by atoms with Gasteiger partial charge in [-0.05, 0) is 36.0 Å². The fourth-order valence-corrected chi connectivity index (χ4v) is 3.09. The highest BCUT2D eigenvalue weighted by Gasteiger charge is 2.27. The van der Waals surface area contributed by atoms with Crippen LogP contribution in [0.3, 0.4) is 0 Å². The Bertz CT molecular complexity index is 703. The van der Waals surface area contributed by atoms with E-state index in [1.165, 1.54) is 0 Å². The summed E-state index contributed by atoms with van der Waals surface area (Å²) in [5.41, 5.74) is 2.03. The number of aromatic amines is 1. The van der Waals surface area contributed by atoms with Crippen molar-refractivity contribution >= 4 is 12.1 Å². The van der Waals surface area contributed by atoms with Crippen LogP contribution < -0.4 is 0 Å². The zero-order valence-electron chi connectivity index (χ0n) is 13.3. The van der Waals surface area contributed by atoms with Crippen LogP contribution in [-0.4, -0.2) is 40.1 Å². The second kappa shape index (κ2) is 7.21. The third kappa shape index (κ3) is 3.59. The number of hydrogen-bond donors (Lipinski definition) is 2. The van der Waals surface area contributed by atoms with Gasteiger partial charge < -0.3 is 19.7 Å². The average Bonchev–Trinajstić information content (AvgIpc) is 3.11. The minimum atomic E-state index is -0.945. The van der Waals surface area contributed by atoms with Gasteiger partial charge in [-0.3, -0.25) is 0 Å². The largest absolute Gasteiger partial charge is 0.477 e. The number of likely N-dealkylation sites (tertiary alicyclic amines) is 1. The van der Waals surface area contributed by atoms with Crippen molar-refractivity contribution in [3.63, 3.8) is 0 Å². The van der Waals surface area contributed by atoms with E-state index in [-0.39, 0.29) is 24.3 Å². The second-order valence-corrected chi connectivity index (χ2v) is 5.91. The van der Waals surface area contributed by atoms with Crippen molar-refractivity contribution in [3.05, 3.63) is 59.4 Å². The van der Waals surface area contributed by atoms with Gasteiger partial charge in [-0.1, -0.05) is 30.3 Å². The molecule has 0 saturated carbocycles. The molecule has 2 N–H and O–H groups in total. The topological polar surface area (TPSA) is 82.6 Å². The maximum absolute atomic E-state index is 12.1. The summed E-state index contributed by atoms with van der Waals surface area (Å²) in [7, 11) is 0. The molecule has 1 saturated heterocycles. The first kappa shape index (κ1) is 16.1. The predicted molar refractivity (Wildman–Crippen MR) is 87.9 cm³/mol. The van der Waals surface area contributed by atoms with Crippen molar-refractivity contribution in [2.45, 2.75) is 25.4 Å². The van der Waals surface area contributed by atoms with Gasteiger partial charge in [0.25, 0.3) is 0 Å². The van der Waals surface area contributed by atoms with Gasteiger partial charge in [-0.15, -0.1) is 0 Å². The fraction of sp³-hybridized carbons (Fsp3) is 0.333. The van der Waals surface area contributed by atoms with Crippen molar-refractivity contribution in [2.75, 3.05) is 13.1 Å². The van der Waals surface area contributed by atoms with E-state index in [4.69, 9.17) is 4.74 Å². The Labute approximate surface area is 140 Å². The number of ether oxygens (including phenoxy) is 1. The van der Waals surface area contributed by atoms with Crippen molar-refractivity contribution < 1.29 is 19.4 Å². The molecule has 6 heteroatoms. The van der Waals surface area contributed by atoms with E-state index in [9.17, 15) is 14.7 Å². The van der Waals surface area contributed by atoms with E-state index < -0.39 is 5.97 Å². The van der Waals surface area contributed by atoms with Gasteiger partial charge in [0.05, 0.1) is 0 Å². The third-order valence-electron chi connectivity index (χ3n) is 4.39. The van der Waals surface area contributed by atoms with E-state index >= 15 is 0 Å². The second-order valence-electron chi connectivity index (χ2n) is 5.91. The number of rotatable bonds is 4. The minimum absolute atomic E-state index is 0.153. The number of amides is 1. The Morgan fingerprint density at radius 3 is 2.54 bits per heavy atom. The molecule has 1 aromatic heterocycles. The molecule has 1 aliphatic rings. The maximum Gasteiger partial charge on any atom is 0.410 e. The molecule has 1 fully saturated rings. The molecule has 1 aliphatic heterocycles. The van der Waals surface area contributed by atoms with E-state index in [0.717, 1.165) is 24.0 Å². The summed E-state index contributed by atoms with van der Waals surface area (Å²) < 4.78 is 5.34. The molecule has 0 unspecified atom stereocenters. The number of benzene rings is 1. The number of aromatic nitrogens is 1. The van der Waals surface area contributed by atoms with Crippen LogP contribution in [-0.2, 0) is 11.3 Å². The average molecular weight is 328 g/mol. The van der Waals surface area contributed by atoms with Crippen LogP contribution in [0.15, 0.2) is 42.6 Å². The van der Waals surface area contributed by atoms with E-state index in [0.29, 0.717) is 13.1 Å². The Morgan fingerprint density at radius 1 is 1.17 bits per heavy atom. The molecule has 0 spiro atoms. The molecule has 0 atom stereocenters. The molecule has 0 radical (unpaired) electrons. The molecule has 0 bridgehead atoms. The van der Waals surface area contributed by atoms with E-state index in [1.54, 1.807) is 11.1 Å². The summed E-state index contributed by atoms with van der Waals surface area (Å²) in [4.78, 5) is 27.8. The first-order valence-electron chi connectivity index (χ1n) is 8.01. The van der Waals surface area contributed by atoms with Gasteiger partial charge in [0.1, 0.15) is 12.3 Å². The standard InChI is InChI=1S/C18H20N2O4/c21-17(22)16-15(6-9-19-16)14-7-10-20(11-8-14)18(23)24-12-13-4-2-1-3-5-13/h1-6,9,14,19H,7-8,10-12H2,(H,21,22). The predicted octanol–water partition coefficient (Wildman–Crippen LogP) is 3.23. The van der Waals surface area contributed by atoms with Crippen LogP contribution in [0.5, 0.6) is 0 Å². The molecule has 1 amide bonds. The number of aromatic carboxylic acids is 1. The van der Waals surface area contributed by atoms with Crippen molar-refractivity contribution in [1.29, 1.82) is 0 Å². The molecule has 2 heterocycles. The lowest BCUT2D eigenvalue weighted by Gasteiger charge is -2.31. The zero-order chi connectivity index (χ0) is 16.9. The Balaban J connectivity index is 1.52. The molecular formula is C18H20N2O4. The summed E-state index contributed by atoms with van der Waals surface area (Å²) in [5.74, 6) is -0.791. The number of carbonyl (C=O) groups is 2. The smallest absolute Gasteiger partial charge is 0.410 e. The van der Waals surface area contributed by atoms with Gasteiger partial charge in [-0.2, -0.15) is 0 Å².